The van der Waals surface area contributed by atoms with Crippen LogP contribution in [0.1, 0.15) is 19.3 Å². The van der Waals surface area contributed by atoms with Crippen molar-refractivity contribution >= 4 is 11.9 Å². The van der Waals surface area contributed by atoms with Crippen molar-refractivity contribution in [3.63, 3.8) is 0 Å². The number of nitrogens with two attached hydrogens (primary N) is 6. The number of hydrogen-bond acceptors (Lipinski definition) is 20. The van der Waals surface area contributed by atoms with E-state index < -0.39 is 129 Å². The largest absolute Gasteiger partial charge is 0.394 e. The van der Waals surface area contributed by atoms with Gasteiger partial charge in [0.2, 0.25) is 5.91 Å². The van der Waals surface area contributed by atoms with E-state index in [0.717, 1.165) is 0 Å². The highest BCUT2D eigenvalue weighted by Gasteiger charge is 2.54. The molecule has 3 heterocycles. The minimum atomic E-state index is -1.70. The first-order chi connectivity index (χ1) is 24.1. The monoisotopic (exact) mass is 741 g/mol. The Hall–Kier alpha value is -1.98. The highest BCUT2D eigenvalue weighted by molar-refractivity contribution is 5.81. The molecule has 1 aliphatic carbocycles. The Morgan fingerprint density at radius 1 is 0.804 bits per heavy atom. The van der Waals surface area contributed by atoms with Gasteiger partial charge in [-0.3, -0.25) is 10.2 Å². The van der Waals surface area contributed by atoms with Crippen LogP contribution in [0.5, 0.6) is 0 Å². The number of ether oxygens (including phenoxy) is 6. The lowest BCUT2D eigenvalue weighted by molar-refractivity contribution is -0.295. The zero-order valence-electron chi connectivity index (χ0n) is 27.9. The highest BCUT2D eigenvalue weighted by atomic mass is 16.8. The molecule has 23 heteroatoms. The smallest absolute Gasteiger partial charge is 0.249 e. The predicted octanol–water partition coefficient (Wildman–Crippen LogP) is -9.47. The molecule has 4 aliphatic rings. The average molecular weight is 742 g/mol. The summed E-state index contributed by atoms with van der Waals surface area (Å²) in [6, 6.07) is -4.54. The van der Waals surface area contributed by atoms with Crippen LogP contribution in [0, 0.1) is 5.41 Å². The minimum Gasteiger partial charge on any atom is -0.394 e. The first-order valence-electron chi connectivity index (χ1n) is 16.8. The fourth-order valence-corrected chi connectivity index (χ4v) is 6.55. The summed E-state index contributed by atoms with van der Waals surface area (Å²) in [6.07, 6.45) is -20.5. The van der Waals surface area contributed by atoms with Crippen LogP contribution in [-0.2, 0) is 33.2 Å². The number of guanidine groups is 1. The SMILES string of the molecule is N=C(N)NCC[C@H](O)C(=O)N[C@@H]1C[C@H](N)[C@@H](O[C@H]2O[C@H](CN)C[C@H](O)[C@H]2N)[C@H](O[C@@H]2O[C@H](CO)[C@@H](O[C@H]3O[C@@H](CN)[C@@H](O)[C@H](O)[C@H]3N)[C@H]2O)[C@H]1O. The molecule has 1 amide bonds. The van der Waals surface area contributed by atoms with Crippen molar-refractivity contribution in [1.29, 1.82) is 5.41 Å². The molecular formula is C28H55N9O14. The second-order valence-electron chi connectivity index (χ2n) is 13.2. The van der Waals surface area contributed by atoms with Gasteiger partial charge in [-0.25, -0.2) is 0 Å². The third-order valence-electron chi connectivity index (χ3n) is 9.56. The molecule has 3 saturated heterocycles. The molecule has 19 atom stereocenters. The van der Waals surface area contributed by atoms with E-state index in [1.807, 2.05) is 0 Å². The predicted molar refractivity (Wildman–Crippen MR) is 171 cm³/mol. The molecule has 1 saturated carbocycles. The number of amides is 1. The summed E-state index contributed by atoms with van der Waals surface area (Å²) in [4.78, 5) is 12.9. The Kier molecular flexibility index (Phi) is 15.0. The quantitative estimate of drug-likeness (QED) is 0.0580. The van der Waals surface area contributed by atoms with Crippen molar-refractivity contribution in [3.05, 3.63) is 0 Å². The number of carbonyl (C=O) groups excluding carboxylic acids is 1. The van der Waals surface area contributed by atoms with E-state index in [4.69, 9.17) is 68.2 Å². The van der Waals surface area contributed by atoms with Gasteiger partial charge in [0.1, 0.15) is 61.0 Å². The Bertz CT molecular complexity index is 1140. The van der Waals surface area contributed by atoms with Crippen molar-refractivity contribution in [2.45, 2.75) is 136 Å². The van der Waals surface area contributed by atoms with E-state index in [9.17, 15) is 40.5 Å². The van der Waals surface area contributed by atoms with E-state index in [1.54, 1.807) is 0 Å². The van der Waals surface area contributed by atoms with Crippen LogP contribution >= 0.6 is 0 Å². The highest BCUT2D eigenvalue weighted by Crippen LogP contribution is 2.34. The van der Waals surface area contributed by atoms with Crippen LogP contribution in [0.15, 0.2) is 0 Å². The van der Waals surface area contributed by atoms with Crippen LogP contribution in [0.4, 0.5) is 0 Å². The lowest BCUT2D eigenvalue weighted by Gasteiger charge is -2.47. The molecule has 0 aromatic rings. The number of aliphatic hydroxyl groups excluding tert-OH is 7. The number of nitrogens with one attached hydrogen (secondary N) is 3. The van der Waals surface area contributed by atoms with Gasteiger partial charge in [0.05, 0.1) is 36.9 Å². The van der Waals surface area contributed by atoms with E-state index in [2.05, 4.69) is 10.6 Å². The lowest BCUT2D eigenvalue weighted by atomic mass is 9.83. The van der Waals surface area contributed by atoms with E-state index in [-0.39, 0.29) is 44.9 Å². The van der Waals surface area contributed by atoms with Crippen LogP contribution in [-0.4, -0.2) is 190 Å². The molecule has 22 N–H and O–H groups in total. The normalized spacial score (nSPS) is 45.3. The van der Waals surface area contributed by atoms with Crippen LogP contribution in [0.3, 0.4) is 0 Å². The van der Waals surface area contributed by atoms with Crippen LogP contribution in [0.2, 0.25) is 0 Å². The number of rotatable bonds is 14. The third-order valence-corrected chi connectivity index (χ3v) is 9.56. The first kappa shape index (κ1) is 41.8. The van der Waals surface area contributed by atoms with Crippen molar-refractivity contribution < 1.29 is 69.0 Å². The topological polar surface area (TPSA) is 418 Å². The average Bonchev–Trinajstić information content (AvgIpc) is 3.39. The molecule has 0 aromatic heterocycles. The second kappa shape index (κ2) is 18.4. The zero-order chi connectivity index (χ0) is 37.7. The lowest BCUT2D eigenvalue weighted by Crippen LogP contribution is -2.67. The summed E-state index contributed by atoms with van der Waals surface area (Å²) < 4.78 is 35.3. The molecule has 296 valence electrons. The standard InChI is InChI=1S/C28H55N9O14/c29-5-8-3-12(40)15(32)25(46-8)49-21-9(31)4-10(37-24(45)11(39)1-2-36-28(34)35)17(41)23(21)51-27-20(44)22(14(7-38)48-27)50-26-16(33)19(43)18(42)13(6-30)47-26/h8-23,25-27,38-44H,1-7,29-33H2,(H,37,45)(H4,34,35,36)/t8-,9-,10+,11-,12-,13-,14+,15+,16+,17-,18+,19+,20+,21+,22+,23+,25+,26+,27-/m0/s1. The van der Waals surface area contributed by atoms with Gasteiger partial charge in [-0.15, -0.1) is 0 Å². The Balaban J connectivity index is 1.54. The van der Waals surface area contributed by atoms with Gasteiger partial charge in [-0.1, -0.05) is 0 Å². The molecule has 0 aromatic carbocycles. The van der Waals surface area contributed by atoms with Crippen molar-refractivity contribution in [1.82, 2.24) is 10.6 Å². The molecule has 0 unspecified atom stereocenters. The van der Waals surface area contributed by atoms with E-state index >= 15 is 0 Å². The maximum atomic E-state index is 12.9. The van der Waals surface area contributed by atoms with Gasteiger partial charge in [0, 0.05) is 32.1 Å². The molecule has 23 nitrogen and oxygen atoms in total. The molecule has 4 fully saturated rings. The van der Waals surface area contributed by atoms with Crippen LogP contribution in [0.25, 0.3) is 0 Å². The number of carbonyl (C=O) groups is 1. The van der Waals surface area contributed by atoms with Gasteiger partial charge < -0.3 is 109 Å². The molecular weight excluding hydrogens is 686 g/mol. The third kappa shape index (κ3) is 9.77. The van der Waals surface area contributed by atoms with Crippen molar-refractivity contribution in [2.24, 2.45) is 34.4 Å². The Morgan fingerprint density at radius 3 is 2.06 bits per heavy atom. The molecule has 51 heavy (non-hydrogen) atoms. The summed E-state index contributed by atoms with van der Waals surface area (Å²) in [7, 11) is 0. The molecule has 0 radical (unpaired) electrons. The zero-order valence-corrected chi connectivity index (χ0v) is 27.9. The summed E-state index contributed by atoms with van der Waals surface area (Å²) in [5.41, 5.74) is 35.4. The first-order valence-corrected chi connectivity index (χ1v) is 16.8. The molecule has 0 spiro atoms. The van der Waals surface area contributed by atoms with E-state index in [1.165, 1.54) is 0 Å². The summed E-state index contributed by atoms with van der Waals surface area (Å²) in [6.45, 7) is -0.874. The van der Waals surface area contributed by atoms with Gasteiger partial charge in [-0.2, -0.15) is 0 Å². The van der Waals surface area contributed by atoms with Gasteiger partial charge in [0.25, 0.3) is 0 Å². The maximum Gasteiger partial charge on any atom is 0.249 e. The van der Waals surface area contributed by atoms with Gasteiger partial charge in [0.15, 0.2) is 24.8 Å². The Morgan fingerprint density at radius 2 is 1.43 bits per heavy atom. The summed E-state index contributed by atoms with van der Waals surface area (Å²) >= 11 is 0. The number of aliphatic hydroxyl groups is 7. The van der Waals surface area contributed by atoms with Gasteiger partial charge in [-0.05, 0) is 12.8 Å². The summed E-state index contributed by atoms with van der Waals surface area (Å²) in [5, 5.41) is 86.8. The fraction of sp³-hybridized carbons (Fsp3) is 0.929. The van der Waals surface area contributed by atoms with Crippen molar-refractivity contribution in [2.75, 3.05) is 26.2 Å². The van der Waals surface area contributed by atoms with Gasteiger partial charge >= 0.3 is 0 Å². The Labute approximate surface area is 293 Å². The van der Waals surface area contributed by atoms with E-state index in [0.29, 0.717) is 0 Å². The van der Waals surface area contributed by atoms with Crippen molar-refractivity contribution in [3.8, 4) is 0 Å². The molecule has 3 aliphatic heterocycles. The molecule has 0 bridgehead atoms. The summed E-state index contributed by atoms with van der Waals surface area (Å²) in [5.74, 6) is -1.23. The number of hydrogen-bond donors (Lipinski definition) is 16. The van der Waals surface area contributed by atoms with Crippen LogP contribution < -0.4 is 45.0 Å². The second-order valence-corrected chi connectivity index (χ2v) is 13.2. The maximum absolute atomic E-state index is 12.9. The fourth-order valence-electron chi connectivity index (χ4n) is 6.55. The molecule has 4 rings (SSSR count). The minimum absolute atomic E-state index is 0.00494.